The Kier molecular flexibility index (Phi) is 6.92. The molecule has 36 heavy (non-hydrogen) atoms. The van der Waals surface area contributed by atoms with Crippen molar-refractivity contribution in [2.45, 2.75) is 46.6 Å². The molecule has 3 aromatic rings. The summed E-state index contributed by atoms with van der Waals surface area (Å²) in [6.07, 6.45) is 0.529. The minimum absolute atomic E-state index is 0.161. The van der Waals surface area contributed by atoms with Gasteiger partial charge >= 0.3 is 0 Å². The maximum atomic E-state index is 11.5. The number of carbonyl (C=O) groups is 1. The van der Waals surface area contributed by atoms with Gasteiger partial charge in [-0.15, -0.1) is 0 Å². The molecule has 1 fully saturated rings. The van der Waals surface area contributed by atoms with Gasteiger partial charge in [-0.05, 0) is 50.5 Å². The molecule has 1 aromatic heterocycles. The van der Waals surface area contributed by atoms with Crippen LogP contribution in [0.5, 0.6) is 5.75 Å². The van der Waals surface area contributed by atoms with Crippen LogP contribution in [0, 0.1) is 20.8 Å². The van der Waals surface area contributed by atoms with E-state index in [4.69, 9.17) is 19.4 Å². The van der Waals surface area contributed by atoms with Gasteiger partial charge in [0.25, 0.3) is 0 Å². The van der Waals surface area contributed by atoms with Crippen molar-refractivity contribution in [2.75, 3.05) is 43.1 Å². The van der Waals surface area contributed by atoms with Crippen molar-refractivity contribution in [2.24, 2.45) is 0 Å². The molecular weight excluding hydrogens is 452 g/mol. The van der Waals surface area contributed by atoms with Gasteiger partial charge in [-0.25, -0.2) is 9.97 Å². The largest absolute Gasteiger partial charge is 0.493 e. The summed E-state index contributed by atoms with van der Waals surface area (Å²) in [5, 5.41) is 3.55. The fourth-order valence-corrected chi connectivity index (χ4v) is 5.24. The van der Waals surface area contributed by atoms with Crippen molar-refractivity contribution in [1.82, 2.24) is 9.97 Å². The van der Waals surface area contributed by atoms with Crippen molar-refractivity contribution in [1.29, 1.82) is 0 Å². The number of rotatable bonds is 7. The number of benzene rings is 2. The Morgan fingerprint density at radius 3 is 2.56 bits per heavy atom. The van der Waals surface area contributed by atoms with E-state index in [1.54, 1.807) is 6.92 Å². The van der Waals surface area contributed by atoms with Crippen LogP contribution >= 0.6 is 0 Å². The Labute approximate surface area is 212 Å². The number of carbonyl (C=O) groups excluding carboxylic acids is 1. The molecule has 3 heterocycles. The molecule has 2 aromatic carbocycles. The summed E-state index contributed by atoms with van der Waals surface area (Å²) in [7, 11) is 0. The maximum absolute atomic E-state index is 11.5. The number of ether oxygens (including phenoxy) is 2. The average Bonchev–Trinajstić information content (AvgIpc) is 3.25. The predicted octanol–water partition coefficient (Wildman–Crippen LogP) is 4.97. The Morgan fingerprint density at radius 2 is 1.83 bits per heavy atom. The molecule has 0 aliphatic carbocycles. The highest BCUT2D eigenvalue weighted by Crippen LogP contribution is 2.38. The van der Waals surface area contributed by atoms with Crippen molar-refractivity contribution in [3.05, 3.63) is 64.5 Å². The van der Waals surface area contributed by atoms with Gasteiger partial charge in [0.15, 0.2) is 0 Å². The minimum atomic E-state index is 0.161. The number of hydrogen-bond acceptors (Lipinski definition) is 7. The zero-order valence-corrected chi connectivity index (χ0v) is 21.6. The van der Waals surface area contributed by atoms with Gasteiger partial charge in [0.1, 0.15) is 11.5 Å². The van der Waals surface area contributed by atoms with E-state index in [1.165, 1.54) is 16.7 Å². The second-order valence-corrected chi connectivity index (χ2v) is 9.78. The molecule has 5 rings (SSSR count). The first-order chi connectivity index (χ1) is 17.4. The molecule has 7 heteroatoms. The number of morpholine rings is 1. The molecule has 2 aliphatic rings. The van der Waals surface area contributed by atoms with Crippen molar-refractivity contribution < 1.29 is 14.3 Å². The van der Waals surface area contributed by atoms with E-state index in [0.717, 1.165) is 53.0 Å². The molecule has 0 bridgehead atoms. The lowest BCUT2D eigenvalue weighted by Crippen LogP contribution is -2.37. The van der Waals surface area contributed by atoms with Crippen molar-refractivity contribution in [3.8, 4) is 16.9 Å². The smallest absolute Gasteiger partial charge is 0.225 e. The number of fused-ring (bicyclic) bond motifs is 1. The molecule has 0 saturated carbocycles. The standard InChI is InChI=1S/C29H34N4O3/c1-18(34)14-23-17-36-27-15-24(8-9-26(23)27)30-16-22-6-5-7-25(19(22)2)28-20(3)31-29(32-21(28)4)33-10-12-35-13-11-33/h5-9,15,23,30H,10-14,16-17H2,1-4H3. The van der Waals surface area contributed by atoms with E-state index in [0.29, 0.717) is 32.8 Å². The fraction of sp³-hybridized carbons (Fsp3) is 0.414. The molecule has 0 amide bonds. The van der Waals surface area contributed by atoms with Gasteiger partial charge in [0.05, 0.1) is 31.2 Å². The monoisotopic (exact) mass is 486 g/mol. The molecule has 0 radical (unpaired) electrons. The van der Waals surface area contributed by atoms with Crippen LogP contribution in [0.3, 0.4) is 0 Å². The number of nitrogens with zero attached hydrogens (tertiary/aromatic N) is 3. The van der Waals surface area contributed by atoms with Gasteiger partial charge in [-0.1, -0.05) is 24.3 Å². The van der Waals surface area contributed by atoms with Gasteiger partial charge < -0.3 is 24.5 Å². The van der Waals surface area contributed by atoms with Crippen molar-refractivity contribution >= 4 is 17.4 Å². The molecule has 188 valence electrons. The number of nitrogens with one attached hydrogen (secondary N) is 1. The second kappa shape index (κ2) is 10.3. The van der Waals surface area contributed by atoms with Gasteiger partial charge in [0, 0.05) is 54.9 Å². The summed E-state index contributed by atoms with van der Waals surface area (Å²) in [4.78, 5) is 23.5. The Balaban J connectivity index is 1.34. The van der Waals surface area contributed by atoms with Crippen LogP contribution in [0.25, 0.3) is 11.1 Å². The first kappa shape index (κ1) is 24.3. The van der Waals surface area contributed by atoms with E-state index in [1.807, 2.05) is 6.07 Å². The number of Topliss-reactive ketones (excluding diaryl/α,β-unsaturated/α-hetero) is 1. The van der Waals surface area contributed by atoms with Crippen LogP contribution in [0.2, 0.25) is 0 Å². The summed E-state index contributed by atoms with van der Waals surface area (Å²) in [6.45, 7) is 12.3. The molecule has 2 aliphatic heterocycles. The van der Waals surface area contributed by atoms with Crippen molar-refractivity contribution in [3.63, 3.8) is 0 Å². The van der Waals surface area contributed by atoms with Crippen LogP contribution in [-0.2, 0) is 16.1 Å². The first-order valence-electron chi connectivity index (χ1n) is 12.7. The summed E-state index contributed by atoms with van der Waals surface area (Å²) in [5.74, 6) is 2.02. The predicted molar refractivity (Wildman–Crippen MR) is 142 cm³/mol. The number of ketones is 1. The lowest BCUT2D eigenvalue weighted by molar-refractivity contribution is -0.117. The van der Waals surface area contributed by atoms with E-state index in [9.17, 15) is 4.79 Å². The van der Waals surface area contributed by atoms with Gasteiger partial charge in [-0.2, -0.15) is 0 Å². The van der Waals surface area contributed by atoms with Crippen LogP contribution in [0.4, 0.5) is 11.6 Å². The SMILES string of the molecule is CC(=O)CC1COc2cc(NCc3cccc(-c4c(C)nc(N5CCOCC5)nc4C)c3C)ccc21. The third-order valence-corrected chi connectivity index (χ3v) is 7.18. The quantitative estimate of drug-likeness (QED) is 0.505. The van der Waals surface area contributed by atoms with E-state index in [2.05, 4.69) is 61.3 Å². The molecule has 1 unspecified atom stereocenters. The van der Waals surface area contributed by atoms with Crippen LogP contribution in [0.15, 0.2) is 36.4 Å². The highest BCUT2D eigenvalue weighted by molar-refractivity contribution is 5.77. The number of aryl methyl sites for hydroxylation is 2. The summed E-state index contributed by atoms with van der Waals surface area (Å²) in [5.41, 5.74) is 8.84. The lowest BCUT2D eigenvalue weighted by atomic mass is 9.94. The summed E-state index contributed by atoms with van der Waals surface area (Å²) < 4.78 is 11.3. The van der Waals surface area contributed by atoms with E-state index >= 15 is 0 Å². The van der Waals surface area contributed by atoms with E-state index < -0.39 is 0 Å². The van der Waals surface area contributed by atoms with Crippen LogP contribution in [-0.4, -0.2) is 48.7 Å². The summed E-state index contributed by atoms with van der Waals surface area (Å²) >= 11 is 0. The third kappa shape index (κ3) is 4.93. The number of anilines is 2. The maximum Gasteiger partial charge on any atom is 0.225 e. The molecule has 1 N–H and O–H groups in total. The lowest BCUT2D eigenvalue weighted by Gasteiger charge is -2.27. The highest BCUT2D eigenvalue weighted by atomic mass is 16.5. The first-order valence-corrected chi connectivity index (χ1v) is 12.7. The van der Waals surface area contributed by atoms with Gasteiger partial charge in [0.2, 0.25) is 5.95 Å². The highest BCUT2D eigenvalue weighted by Gasteiger charge is 2.25. The second-order valence-electron chi connectivity index (χ2n) is 9.78. The third-order valence-electron chi connectivity index (χ3n) is 7.18. The molecule has 0 spiro atoms. The number of aromatic nitrogens is 2. The minimum Gasteiger partial charge on any atom is -0.493 e. The topological polar surface area (TPSA) is 76.6 Å². The Bertz CT molecular complexity index is 1260. The summed E-state index contributed by atoms with van der Waals surface area (Å²) in [6, 6.07) is 12.6. The van der Waals surface area contributed by atoms with Crippen LogP contribution < -0.4 is 15.0 Å². The normalized spacial score (nSPS) is 17.0. The zero-order chi connectivity index (χ0) is 25.2. The Hall–Kier alpha value is -3.45. The van der Waals surface area contributed by atoms with Crippen LogP contribution in [0.1, 0.15) is 47.3 Å². The fourth-order valence-electron chi connectivity index (χ4n) is 5.24. The number of hydrogen-bond donors (Lipinski definition) is 1. The zero-order valence-electron chi connectivity index (χ0n) is 21.6. The van der Waals surface area contributed by atoms with E-state index in [-0.39, 0.29) is 11.7 Å². The molecular formula is C29H34N4O3. The Morgan fingerprint density at radius 1 is 1.08 bits per heavy atom. The average molecular weight is 487 g/mol. The molecule has 1 atom stereocenters. The molecule has 1 saturated heterocycles. The van der Waals surface area contributed by atoms with Gasteiger partial charge in [-0.3, -0.25) is 0 Å². The molecule has 7 nitrogen and oxygen atoms in total.